The first-order chi connectivity index (χ1) is 14.7. The third-order valence-corrected chi connectivity index (χ3v) is 4.21. The fourth-order valence-corrected chi connectivity index (χ4v) is 2.68. The Kier molecular flexibility index (Phi) is 7.63. The summed E-state index contributed by atoms with van der Waals surface area (Å²) in [6.45, 7) is 1.16. The highest BCUT2D eigenvalue weighted by Gasteiger charge is 2.14. The summed E-state index contributed by atoms with van der Waals surface area (Å²) in [5.41, 5.74) is 1.94. The van der Waals surface area contributed by atoms with Crippen LogP contribution in [0.2, 0.25) is 0 Å². The van der Waals surface area contributed by atoms with Gasteiger partial charge in [0, 0.05) is 18.9 Å². The van der Waals surface area contributed by atoms with Gasteiger partial charge in [0.05, 0.1) is 13.7 Å². The minimum atomic E-state index is -0.312. The van der Waals surface area contributed by atoms with Gasteiger partial charge in [0.25, 0.3) is 5.91 Å². The molecule has 3 aromatic rings. The van der Waals surface area contributed by atoms with Gasteiger partial charge in [0.1, 0.15) is 18.9 Å². The number of pyridine rings is 1. The predicted molar refractivity (Wildman–Crippen MR) is 113 cm³/mol. The number of aromatic nitrogens is 1. The molecule has 1 aromatic heterocycles. The van der Waals surface area contributed by atoms with Crippen molar-refractivity contribution in [3.05, 3.63) is 78.0 Å². The average Bonchev–Trinajstić information content (AvgIpc) is 2.79. The van der Waals surface area contributed by atoms with Gasteiger partial charge in [0.2, 0.25) is 5.88 Å². The van der Waals surface area contributed by atoms with E-state index in [1.807, 2.05) is 30.3 Å². The van der Waals surface area contributed by atoms with Crippen molar-refractivity contribution in [2.75, 3.05) is 32.8 Å². The highest BCUT2D eigenvalue weighted by Crippen LogP contribution is 2.30. The zero-order valence-corrected chi connectivity index (χ0v) is 17.0. The van der Waals surface area contributed by atoms with Crippen LogP contribution in [-0.4, -0.2) is 38.3 Å². The van der Waals surface area contributed by atoms with Crippen molar-refractivity contribution in [3.8, 4) is 17.4 Å². The van der Waals surface area contributed by atoms with E-state index in [9.17, 15) is 4.79 Å². The van der Waals surface area contributed by atoms with Crippen LogP contribution in [0.4, 0.5) is 5.69 Å². The Labute approximate surface area is 175 Å². The van der Waals surface area contributed by atoms with Crippen molar-refractivity contribution in [3.63, 3.8) is 0 Å². The fourth-order valence-electron chi connectivity index (χ4n) is 2.68. The van der Waals surface area contributed by atoms with E-state index < -0.39 is 0 Å². The molecule has 30 heavy (non-hydrogen) atoms. The molecule has 0 fully saturated rings. The van der Waals surface area contributed by atoms with Crippen LogP contribution in [0.3, 0.4) is 0 Å². The number of methoxy groups -OCH3 is 2. The van der Waals surface area contributed by atoms with Gasteiger partial charge in [-0.25, -0.2) is 4.98 Å². The summed E-state index contributed by atoms with van der Waals surface area (Å²) >= 11 is 0. The number of carbonyl (C=O) groups is 1. The molecule has 0 aliphatic heterocycles. The maximum absolute atomic E-state index is 12.7. The normalized spacial score (nSPS) is 10.3. The van der Waals surface area contributed by atoms with Crippen molar-refractivity contribution in [1.29, 1.82) is 0 Å². The number of benzene rings is 2. The van der Waals surface area contributed by atoms with Crippen LogP contribution in [0, 0.1) is 0 Å². The minimum absolute atomic E-state index is 0.312. The molecule has 0 saturated heterocycles. The van der Waals surface area contributed by atoms with E-state index in [1.54, 1.807) is 43.6 Å². The maximum Gasteiger partial charge on any atom is 0.255 e. The Bertz CT molecular complexity index is 963. The number of anilines is 1. The van der Waals surface area contributed by atoms with Crippen LogP contribution in [0.5, 0.6) is 17.4 Å². The van der Waals surface area contributed by atoms with E-state index in [4.69, 9.17) is 18.9 Å². The van der Waals surface area contributed by atoms with Gasteiger partial charge in [0.15, 0.2) is 11.5 Å². The largest absolute Gasteiger partial charge is 0.493 e. The molecule has 7 nitrogen and oxygen atoms in total. The summed E-state index contributed by atoms with van der Waals surface area (Å²) in [7, 11) is 3.13. The van der Waals surface area contributed by atoms with E-state index in [2.05, 4.69) is 10.3 Å². The lowest BCUT2D eigenvalue weighted by atomic mass is 10.2. The Hall–Kier alpha value is -3.58. The summed E-state index contributed by atoms with van der Waals surface area (Å²) in [6, 6.07) is 18.3. The number of hydrogen-bond donors (Lipinski definition) is 1. The first-order valence-corrected chi connectivity index (χ1v) is 9.44. The molecule has 156 valence electrons. The zero-order valence-electron chi connectivity index (χ0n) is 17.0. The standard InChI is InChI=1S/C23H24N2O5/c1-27-13-14-29-23-19(9-6-12-24-23)25-22(26)18-10-11-20(21(15-18)28-2)30-16-17-7-4-3-5-8-17/h3-12,15H,13-14,16H2,1-2H3,(H,25,26). The molecular weight excluding hydrogens is 384 g/mol. The molecule has 0 spiro atoms. The SMILES string of the molecule is COCCOc1ncccc1NC(=O)c1ccc(OCc2ccccc2)c(OC)c1. The molecule has 3 rings (SSSR count). The molecule has 0 saturated carbocycles. The molecule has 0 aliphatic carbocycles. The van der Waals surface area contributed by atoms with Crippen molar-refractivity contribution in [1.82, 2.24) is 4.98 Å². The summed E-state index contributed by atoms with van der Waals surface area (Å²) < 4.78 is 21.8. The molecule has 7 heteroatoms. The van der Waals surface area contributed by atoms with Gasteiger partial charge >= 0.3 is 0 Å². The molecule has 0 radical (unpaired) electrons. The molecule has 0 unspecified atom stereocenters. The van der Waals surface area contributed by atoms with Crippen molar-refractivity contribution >= 4 is 11.6 Å². The first-order valence-electron chi connectivity index (χ1n) is 9.44. The van der Waals surface area contributed by atoms with Gasteiger partial charge in [-0.1, -0.05) is 30.3 Å². The molecule has 2 aromatic carbocycles. The Morgan fingerprint density at radius 3 is 2.53 bits per heavy atom. The lowest BCUT2D eigenvalue weighted by Crippen LogP contribution is -2.14. The smallest absolute Gasteiger partial charge is 0.255 e. The lowest BCUT2D eigenvalue weighted by molar-refractivity contribution is 0.102. The van der Waals surface area contributed by atoms with Gasteiger partial charge in [-0.2, -0.15) is 0 Å². The number of amides is 1. The van der Waals surface area contributed by atoms with E-state index in [0.29, 0.717) is 48.5 Å². The maximum atomic E-state index is 12.7. The summed E-state index contributed by atoms with van der Waals surface area (Å²) in [5.74, 6) is 1.05. The second-order valence-electron chi connectivity index (χ2n) is 6.29. The van der Waals surface area contributed by atoms with Crippen LogP contribution < -0.4 is 19.5 Å². The fraction of sp³-hybridized carbons (Fsp3) is 0.217. The van der Waals surface area contributed by atoms with Crippen molar-refractivity contribution in [2.45, 2.75) is 6.61 Å². The second-order valence-corrected chi connectivity index (χ2v) is 6.29. The number of rotatable bonds is 10. The number of nitrogens with zero attached hydrogens (tertiary/aromatic N) is 1. The molecule has 0 atom stereocenters. The van der Waals surface area contributed by atoms with Gasteiger partial charge in [-0.05, 0) is 35.9 Å². The van der Waals surface area contributed by atoms with Crippen LogP contribution in [-0.2, 0) is 11.3 Å². The summed E-state index contributed by atoms with van der Waals surface area (Å²) in [5, 5.41) is 2.82. The van der Waals surface area contributed by atoms with E-state index in [-0.39, 0.29) is 5.91 Å². The van der Waals surface area contributed by atoms with E-state index >= 15 is 0 Å². The Morgan fingerprint density at radius 2 is 1.77 bits per heavy atom. The van der Waals surface area contributed by atoms with E-state index in [1.165, 1.54) is 7.11 Å². The van der Waals surface area contributed by atoms with Crippen molar-refractivity contribution < 1.29 is 23.7 Å². The number of carbonyl (C=O) groups excluding carboxylic acids is 1. The second kappa shape index (κ2) is 10.8. The third-order valence-electron chi connectivity index (χ3n) is 4.21. The van der Waals surface area contributed by atoms with Gasteiger partial charge in [-0.3, -0.25) is 4.79 Å². The average molecular weight is 408 g/mol. The quantitative estimate of drug-likeness (QED) is 0.512. The number of nitrogens with one attached hydrogen (secondary N) is 1. The zero-order chi connectivity index (χ0) is 21.2. The van der Waals surface area contributed by atoms with Crippen LogP contribution in [0.1, 0.15) is 15.9 Å². The monoisotopic (exact) mass is 408 g/mol. The lowest BCUT2D eigenvalue weighted by Gasteiger charge is -2.13. The van der Waals surface area contributed by atoms with Crippen LogP contribution >= 0.6 is 0 Å². The Morgan fingerprint density at radius 1 is 0.933 bits per heavy atom. The molecule has 0 aliphatic rings. The predicted octanol–water partition coefficient (Wildman–Crippen LogP) is 3.95. The third kappa shape index (κ3) is 5.71. The molecule has 1 amide bonds. The highest BCUT2D eigenvalue weighted by molar-refractivity contribution is 6.05. The van der Waals surface area contributed by atoms with Crippen molar-refractivity contribution in [2.24, 2.45) is 0 Å². The topological polar surface area (TPSA) is 78.9 Å². The molecule has 0 bridgehead atoms. The number of hydrogen-bond acceptors (Lipinski definition) is 6. The van der Waals surface area contributed by atoms with Gasteiger partial charge < -0.3 is 24.3 Å². The first kappa shape index (κ1) is 21.1. The summed E-state index contributed by atoms with van der Waals surface area (Å²) in [6.07, 6.45) is 1.60. The molecule has 1 heterocycles. The Balaban J connectivity index is 1.69. The highest BCUT2D eigenvalue weighted by atomic mass is 16.5. The summed E-state index contributed by atoms with van der Waals surface area (Å²) in [4.78, 5) is 16.9. The molecule has 1 N–H and O–H groups in total. The van der Waals surface area contributed by atoms with Gasteiger partial charge in [-0.15, -0.1) is 0 Å². The number of ether oxygens (including phenoxy) is 4. The molecular formula is C23H24N2O5. The van der Waals surface area contributed by atoms with E-state index in [0.717, 1.165) is 5.56 Å². The van der Waals surface area contributed by atoms with Crippen LogP contribution in [0.25, 0.3) is 0 Å². The minimum Gasteiger partial charge on any atom is -0.493 e. The van der Waals surface area contributed by atoms with Crippen LogP contribution in [0.15, 0.2) is 66.9 Å².